The van der Waals surface area contributed by atoms with Crippen molar-refractivity contribution in [2.75, 3.05) is 7.11 Å². The van der Waals surface area contributed by atoms with Crippen LogP contribution in [-0.4, -0.2) is 24.2 Å². The molecule has 138 valence electrons. The standard InChI is InChI=1S/C18H26FN3O2S/c1-11-5-4-6-15(12(11)2)20-18(25)22-21-17(23)10-13-7-8-16(24-3)14(19)9-13/h7-9,11-12,15H,4-6,10H2,1-3H3,(H,21,23)(H2,20,22,25)/t11-,12+,15+/m0/s1. The van der Waals surface area contributed by atoms with Crippen LogP contribution in [0.1, 0.15) is 38.7 Å². The molecule has 1 saturated carbocycles. The maximum absolute atomic E-state index is 13.6. The Morgan fingerprint density at radius 2 is 2.08 bits per heavy atom. The first-order valence-electron chi connectivity index (χ1n) is 8.58. The summed E-state index contributed by atoms with van der Waals surface area (Å²) < 4.78 is 18.5. The highest BCUT2D eigenvalue weighted by atomic mass is 32.1. The van der Waals surface area contributed by atoms with Crippen LogP contribution < -0.4 is 20.9 Å². The predicted molar refractivity (Wildman–Crippen MR) is 99.6 cm³/mol. The van der Waals surface area contributed by atoms with Crippen LogP contribution in [-0.2, 0) is 11.2 Å². The summed E-state index contributed by atoms with van der Waals surface area (Å²) in [5.74, 6) is 0.570. The third-order valence-corrected chi connectivity index (χ3v) is 5.14. The summed E-state index contributed by atoms with van der Waals surface area (Å²) in [6, 6.07) is 4.77. The Labute approximate surface area is 153 Å². The van der Waals surface area contributed by atoms with E-state index in [1.807, 2.05) is 0 Å². The number of benzene rings is 1. The zero-order valence-electron chi connectivity index (χ0n) is 14.9. The number of nitrogens with one attached hydrogen (secondary N) is 3. The lowest BCUT2D eigenvalue weighted by molar-refractivity contribution is -0.121. The Morgan fingerprint density at radius 1 is 1.32 bits per heavy atom. The van der Waals surface area contributed by atoms with Crippen molar-refractivity contribution in [2.45, 2.75) is 45.6 Å². The van der Waals surface area contributed by atoms with Crippen LogP contribution in [0.4, 0.5) is 4.39 Å². The molecule has 2 rings (SSSR count). The third kappa shape index (κ3) is 5.56. The van der Waals surface area contributed by atoms with E-state index in [4.69, 9.17) is 17.0 Å². The maximum Gasteiger partial charge on any atom is 0.242 e. The zero-order chi connectivity index (χ0) is 18.4. The number of hydrogen-bond donors (Lipinski definition) is 3. The van der Waals surface area contributed by atoms with Crippen molar-refractivity contribution < 1.29 is 13.9 Å². The van der Waals surface area contributed by atoms with Gasteiger partial charge < -0.3 is 10.1 Å². The van der Waals surface area contributed by atoms with Gasteiger partial charge in [0.2, 0.25) is 5.91 Å². The Morgan fingerprint density at radius 3 is 2.76 bits per heavy atom. The van der Waals surface area contributed by atoms with Crippen LogP contribution in [0.5, 0.6) is 5.75 Å². The SMILES string of the molecule is COc1ccc(CC(=O)NNC(=S)N[C@@H]2CCC[C@H](C)[C@H]2C)cc1F. The second-order valence-electron chi connectivity index (χ2n) is 6.67. The first-order chi connectivity index (χ1) is 11.9. The van der Waals surface area contributed by atoms with Crippen LogP contribution in [0.15, 0.2) is 18.2 Å². The first-order valence-corrected chi connectivity index (χ1v) is 8.99. The average molecular weight is 367 g/mol. The molecule has 0 saturated heterocycles. The number of amides is 1. The second kappa shape index (κ2) is 8.99. The minimum absolute atomic E-state index is 0.0490. The number of thiocarbonyl (C=S) groups is 1. The molecule has 0 unspecified atom stereocenters. The quantitative estimate of drug-likeness (QED) is 0.564. The monoisotopic (exact) mass is 367 g/mol. The molecule has 1 fully saturated rings. The van der Waals surface area contributed by atoms with Gasteiger partial charge in [-0.2, -0.15) is 0 Å². The highest BCUT2D eigenvalue weighted by Crippen LogP contribution is 2.29. The molecule has 1 aromatic carbocycles. The topological polar surface area (TPSA) is 62.4 Å². The van der Waals surface area contributed by atoms with Gasteiger partial charge in [0.15, 0.2) is 16.7 Å². The molecule has 1 amide bonds. The highest BCUT2D eigenvalue weighted by Gasteiger charge is 2.27. The minimum Gasteiger partial charge on any atom is -0.494 e. The van der Waals surface area contributed by atoms with Crippen molar-refractivity contribution in [1.29, 1.82) is 0 Å². The molecule has 0 spiro atoms. The molecule has 3 N–H and O–H groups in total. The van der Waals surface area contributed by atoms with E-state index in [1.54, 1.807) is 6.07 Å². The molecule has 1 aliphatic carbocycles. The fourth-order valence-electron chi connectivity index (χ4n) is 3.17. The fraction of sp³-hybridized carbons (Fsp3) is 0.556. The number of rotatable bonds is 4. The van der Waals surface area contributed by atoms with E-state index >= 15 is 0 Å². The number of methoxy groups -OCH3 is 1. The van der Waals surface area contributed by atoms with Crippen molar-refractivity contribution >= 4 is 23.2 Å². The molecule has 25 heavy (non-hydrogen) atoms. The molecule has 1 aromatic rings. The Hall–Kier alpha value is -1.89. The molecule has 7 heteroatoms. The van der Waals surface area contributed by atoms with Crippen molar-refractivity contribution in [1.82, 2.24) is 16.2 Å². The van der Waals surface area contributed by atoms with Gasteiger partial charge in [0.1, 0.15) is 0 Å². The number of hydrazine groups is 1. The number of carbonyl (C=O) groups excluding carboxylic acids is 1. The van der Waals surface area contributed by atoms with Crippen LogP contribution in [0.25, 0.3) is 0 Å². The number of carbonyl (C=O) groups is 1. The van der Waals surface area contributed by atoms with E-state index in [0.717, 1.165) is 6.42 Å². The van der Waals surface area contributed by atoms with Gasteiger partial charge in [-0.3, -0.25) is 15.6 Å². The van der Waals surface area contributed by atoms with Gasteiger partial charge in [-0.25, -0.2) is 4.39 Å². The van der Waals surface area contributed by atoms with Crippen LogP contribution in [0, 0.1) is 17.7 Å². The molecule has 0 radical (unpaired) electrons. The van der Waals surface area contributed by atoms with Crippen molar-refractivity contribution in [3.05, 3.63) is 29.6 Å². The van der Waals surface area contributed by atoms with E-state index in [2.05, 4.69) is 30.0 Å². The van der Waals surface area contributed by atoms with Gasteiger partial charge in [-0.15, -0.1) is 0 Å². The van der Waals surface area contributed by atoms with Crippen molar-refractivity contribution in [3.8, 4) is 5.75 Å². The van der Waals surface area contributed by atoms with Crippen molar-refractivity contribution in [2.24, 2.45) is 11.8 Å². The molecular formula is C18H26FN3O2S. The van der Waals surface area contributed by atoms with Crippen LogP contribution in [0.3, 0.4) is 0 Å². The summed E-state index contributed by atoms with van der Waals surface area (Å²) in [6.07, 6.45) is 3.55. The summed E-state index contributed by atoms with van der Waals surface area (Å²) >= 11 is 5.25. The average Bonchev–Trinajstić information content (AvgIpc) is 2.57. The van der Waals surface area contributed by atoms with Crippen molar-refractivity contribution in [3.63, 3.8) is 0 Å². The minimum atomic E-state index is -0.488. The largest absolute Gasteiger partial charge is 0.494 e. The zero-order valence-corrected chi connectivity index (χ0v) is 15.7. The normalized spacial score (nSPS) is 22.8. The third-order valence-electron chi connectivity index (χ3n) is 4.92. The second-order valence-corrected chi connectivity index (χ2v) is 7.07. The van der Waals surface area contributed by atoms with Gasteiger partial charge in [0, 0.05) is 6.04 Å². The van der Waals surface area contributed by atoms with Crippen LogP contribution >= 0.6 is 12.2 Å². The summed E-state index contributed by atoms with van der Waals surface area (Å²) in [7, 11) is 1.40. The summed E-state index contributed by atoms with van der Waals surface area (Å²) in [5, 5.41) is 3.67. The lowest BCUT2D eigenvalue weighted by atomic mass is 9.78. The number of hydrogen-bond acceptors (Lipinski definition) is 3. The van der Waals surface area contributed by atoms with E-state index < -0.39 is 5.82 Å². The van der Waals surface area contributed by atoms with E-state index in [-0.39, 0.29) is 18.1 Å². The van der Waals surface area contributed by atoms with Gasteiger partial charge in [0.05, 0.1) is 13.5 Å². The Bertz CT molecular complexity index is 626. The highest BCUT2D eigenvalue weighted by molar-refractivity contribution is 7.80. The number of ether oxygens (including phenoxy) is 1. The smallest absolute Gasteiger partial charge is 0.242 e. The summed E-state index contributed by atoms with van der Waals surface area (Å²) in [4.78, 5) is 12.0. The lowest BCUT2D eigenvalue weighted by Crippen LogP contribution is -2.52. The van der Waals surface area contributed by atoms with E-state index in [9.17, 15) is 9.18 Å². The van der Waals surface area contributed by atoms with Crippen LogP contribution in [0.2, 0.25) is 0 Å². The van der Waals surface area contributed by atoms with E-state index in [0.29, 0.717) is 28.6 Å². The predicted octanol–water partition coefficient (Wildman–Crippen LogP) is 2.70. The first kappa shape index (κ1) is 19.4. The molecular weight excluding hydrogens is 341 g/mol. The maximum atomic E-state index is 13.6. The molecule has 5 nitrogen and oxygen atoms in total. The van der Waals surface area contributed by atoms with Gasteiger partial charge >= 0.3 is 0 Å². The summed E-state index contributed by atoms with van der Waals surface area (Å²) in [5.41, 5.74) is 5.83. The van der Waals surface area contributed by atoms with E-state index in [1.165, 1.54) is 32.1 Å². The van der Waals surface area contributed by atoms with Gasteiger partial charge in [0.25, 0.3) is 0 Å². The molecule has 0 heterocycles. The van der Waals surface area contributed by atoms with Gasteiger partial charge in [-0.05, 0) is 48.2 Å². The molecule has 3 atom stereocenters. The molecule has 0 bridgehead atoms. The number of halogens is 1. The lowest BCUT2D eigenvalue weighted by Gasteiger charge is -2.35. The molecule has 0 aliphatic heterocycles. The molecule has 1 aliphatic rings. The van der Waals surface area contributed by atoms with Gasteiger partial charge in [-0.1, -0.05) is 32.8 Å². The fourth-order valence-corrected chi connectivity index (χ4v) is 3.37. The Kier molecular flexibility index (Phi) is 6.99. The molecule has 0 aromatic heterocycles. The Balaban J connectivity index is 1.77. The summed E-state index contributed by atoms with van der Waals surface area (Å²) in [6.45, 7) is 4.48.